The van der Waals surface area contributed by atoms with Gasteiger partial charge in [0.05, 0.1) is 22.4 Å². The lowest BCUT2D eigenvalue weighted by Gasteiger charge is -2.32. The first-order valence-electron chi connectivity index (χ1n) is 10.4. The van der Waals surface area contributed by atoms with Crippen molar-refractivity contribution in [2.75, 3.05) is 5.75 Å². The van der Waals surface area contributed by atoms with Gasteiger partial charge in [0.15, 0.2) is 5.17 Å². The Labute approximate surface area is 187 Å². The molecule has 4 nitrogen and oxygen atoms in total. The van der Waals surface area contributed by atoms with Gasteiger partial charge in [-0.1, -0.05) is 48.5 Å². The Morgan fingerprint density at radius 1 is 1.13 bits per heavy atom. The number of thioether (sulfide) groups is 1. The van der Waals surface area contributed by atoms with Crippen LogP contribution in [0.15, 0.2) is 59.7 Å². The summed E-state index contributed by atoms with van der Waals surface area (Å²) < 4.78 is 2.27. The Kier molecular flexibility index (Phi) is 5.11. The van der Waals surface area contributed by atoms with Crippen molar-refractivity contribution in [1.82, 2.24) is 14.5 Å². The van der Waals surface area contributed by atoms with Crippen molar-refractivity contribution in [3.8, 4) is 5.69 Å². The molecule has 0 bridgehead atoms. The third kappa shape index (κ3) is 3.07. The number of halogens is 1. The second-order valence-corrected chi connectivity index (χ2v) is 9.34. The van der Waals surface area contributed by atoms with Crippen LogP contribution in [-0.4, -0.2) is 31.4 Å². The molecule has 1 fully saturated rings. The molecule has 0 N–H and O–H groups in total. The standard InChI is InChI=1S/C24H25ClN4S/c1-4-17-14-30-24-27-22(20-10-7-8-12-26-20)23(29(17)24)18-13-15(2)28(16(18)3)21-11-6-5-9-19(21)25/h5-13,17,22-23H,4,14H2,1-3H3/t17-,22+,23+/m0/s1. The van der Waals surface area contributed by atoms with Crippen LogP contribution in [0.5, 0.6) is 0 Å². The largest absolute Gasteiger partial charge is 0.338 e. The number of aryl methyl sites for hydroxylation is 1. The molecule has 3 atom stereocenters. The maximum absolute atomic E-state index is 6.56. The predicted octanol–water partition coefficient (Wildman–Crippen LogP) is 6.12. The zero-order valence-corrected chi connectivity index (χ0v) is 19.0. The summed E-state index contributed by atoms with van der Waals surface area (Å²) in [6, 6.07) is 17.1. The average molecular weight is 437 g/mol. The number of aromatic nitrogens is 2. The highest BCUT2D eigenvalue weighted by Gasteiger charge is 2.46. The van der Waals surface area contributed by atoms with E-state index in [1.165, 1.54) is 17.0 Å². The van der Waals surface area contributed by atoms with Gasteiger partial charge < -0.3 is 9.47 Å². The lowest BCUT2D eigenvalue weighted by molar-refractivity contribution is 0.254. The minimum absolute atomic E-state index is 0.00300. The van der Waals surface area contributed by atoms with E-state index in [1.54, 1.807) is 0 Å². The van der Waals surface area contributed by atoms with Gasteiger partial charge in [0.25, 0.3) is 0 Å². The number of aliphatic imine (C=N–C) groups is 1. The van der Waals surface area contributed by atoms with Crippen LogP contribution < -0.4 is 0 Å². The Morgan fingerprint density at radius 2 is 1.93 bits per heavy atom. The minimum Gasteiger partial charge on any atom is -0.338 e. The maximum atomic E-state index is 6.56. The van der Waals surface area contributed by atoms with Gasteiger partial charge in [0.2, 0.25) is 0 Å². The molecule has 0 unspecified atom stereocenters. The quantitative estimate of drug-likeness (QED) is 0.493. The minimum atomic E-state index is 0.00300. The maximum Gasteiger partial charge on any atom is 0.160 e. The smallest absolute Gasteiger partial charge is 0.160 e. The van der Waals surface area contributed by atoms with Gasteiger partial charge in [0, 0.05) is 29.4 Å². The number of hydrogen-bond acceptors (Lipinski definition) is 4. The van der Waals surface area contributed by atoms with Crippen molar-refractivity contribution in [3.63, 3.8) is 0 Å². The Hall–Kier alpha value is -2.24. The Bertz CT molecular complexity index is 1110. The van der Waals surface area contributed by atoms with E-state index >= 15 is 0 Å². The molecule has 5 rings (SSSR count). The van der Waals surface area contributed by atoms with Crippen molar-refractivity contribution in [2.45, 2.75) is 45.3 Å². The fourth-order valence-corrected chi connectivity index (χ4v) is 6.34. The first-order valence-corrected chi connectivity index (χ1v) is 11.8. The van der Waals surface area contributed by atoms with Crippen molar-refractivity contribution in [1.29, 1.82) is 0 Å². The number of benzene rings is 1. The van der Waals surface area contributed by atoms with Crippen molar-refractivity contribution in [3.05, 3.63) is 82.4 Å². The van der Waals surface area contributed by atoms with Crippen molar-refractivity contribution in [2.24, 2.45) is 4.99 Å². The summed E-state index contributed by atoms with van der Waals surface area (Å²) in [6.07, 6.45) is 2.98. The number of para-hydroxylation sites is 1. The second kappa shape index (κ2) is 7.78. The summed E-state index contributed by atoms with van der Waals surface area (Å²) in [6.45, 7) is 6.62. The fourth-order valence-electron chi connectivity index (χ4n) is 4.78. The molecule has 154 valence electrons. The predicted molar refractivity (Wildman–Crippen MR) is 126 cm³/mol. The monoisotopic (exact) mass is 436 g/mol. The third-order valence-corrected chi connectivity index (χ3v) is 7.66. The number of hydrogen-bond donors (Lipinski definition) is 0. The number of rotatable bonds is 4. The second-order valence-electron chi connectivity index (χ2n) is 7.95. The van der Waals surface area contributed by atoms with E-state index in [4.69, 9.17) is 16.6 Å². The van der Waals surface area contributed by atoms with Gasteiger partial charge >= 0.3 is 0 Å². The average Bonchev–Trinajstić information content (AvgIpc) is 3.41. The lowest BCUT2D eigenvalue weighted by atomic mass is 9.95. The molecular weight excluding hydrogens is 412 g/mol. The molecule has 2 aromatic heterocycles. The molecule has 0 amide bonds. The van der Waals surface area contributed by atoms with E-state index in [9.17, 15) is 0 Å². The van der Waals surface area contributed by atoms with Gasteiger partial charge in [-0.25, -0.2) is 0 Å². The lowest BCUT2D eigenvalue weighted by Crippen LogP contribution is -2.35. The van der Waals surface area contributed by atoms with E-state index in [0.29, 0.717) is 6.04 Å². The zero-order chi connectivity index (χ0) is 20.8. The van der Waals surface area contributed by atoms with E-state index in [2.05, 4.69) is 59.5 Å². The molecule has 4 heterocycles. The molecule has 6 heteroatoms. The topological polar surface area (TPSA) is 33.4 Å². The Morgan fingerprint density at radius 3 is 2.67 bits per heavy atom. The molecule has 2 aliphatic rings. The SMILES string of the molecule is CC[C@H]1CSC2=N[C@H](c3ccccn3)[C@@H](c3cc(C)n(-c4ccccc4Cl)c3C)N21. The summed E-state index contributed by atoms with van der Waals surface area (Å²) in [5.74, 6) is 1.10. The Balaban J connectivity index is 1.66. The molecule has 2 aliphatic heterocycles. The molecule has 3 aromatic rings. The van der Waals surface area contributed by atoms with E-state index < -0.39 is 0 Å². The van der Waals surface area contributed by atoms with Crippen LogP contribution in [0.2, 0.25) is 5.02 Å². The van der Waals surface area contributed by atoms with Crippen LogP contribution >= 0.6 is 23.4 Å². The first-order chi connectivity index (χ1) is 14.6. The highest BCUT2D eigenvalue weighted by atomic mass is 35.5. The number of pyridine rings is 1. The summed E-state index contributed by atoms with van der Waals surface area (Å²) in [5.41, 5.74) is 5.76. The van der Waals surface area contributed by atoms with Crippen LogP contribution in [0.25, 0.3) is 5.69 Å². The number of amidine groups is 1. The van der Waals surface area contributed by atoms with Gasteiger partial charge in [-0.3, -0.25) is 9.98 Å². The van der Waals surface area contributed by atoms with Crippen molar-refractivity contribution < 1.29 is 0 Å². The van der Waals surface area contributed by atoms with Crippen molar-refractivity contribution >= 4 is 28.5 Å². The number of fused-ring (bicyclic) bond motifs is 1. The first kappa shape index (κ1) is 19.7. The summed E-state index contributed by atoms with van der Waals surface area (Å²) >= 11 is 8.44. The molecule has 0 aliphatic carbocycles. The molecular formula is C24H25ClN4S. The highest BCUT2D eigenvalue weighted by Crippen LogP contribution is 2.49. The molecule has 1 aromatic carbocycles. The molecule has 0 saturated carbocycles. The van der Waals surface area contributed by atoms with E-state index in [1.807, 2.05) is 42.2 Å². The van der Waals surface area contributed by atoms with Gasteiger partial charge in [-0.15, -0.1) is 0 Å². The highest BCUT2D eigenvalue weighted by molar-refractivity contribution is 8.14. The summed E-state index contributed by atoms with van der Waals surface area (Å²) in [5, 5.41) is 1.92. The molecule has 0 spiro atoms. The van der Waals surface area contributed by atoms with Crippen LogP contribution in [0, 0.1) is 13.8 Å². The van der Waals surface area contributed by atoms with Crippen LogP contribution in [0.4, 0.5) is 0 Å². The van der Waals surface area contributed by atoms with Gasteiger partial charge in [-0.2, -0.15) is 0 Å². The zero-order valence-electron chi connectivity index (χ0n) is 17.4. The van der Waals surface area contributed by atoms with E-state index in [-0.39, 0.29) is 12.1 Å². The fraction of sp³-hybridized carbons (Fsp3) is 0.333. The van der Waals surface area contributed by atoms with Crippen LogP contribution in [-0.2, 0) is 0 Å². The molecule has 30 heavy (non-hydrogen) atoms. The van der Waals surface area contributed by atoms with E-state index in [0.717, 1.165) is 33.7 Å². The molecule has 1 saturated heterocycles. The normalized spacial score (nSPS) is 23.0. The third-order valence-electron chi connectivity index (χ3n) is 6.21. The summed E-state index contributed by atoms with van der Waals surface area (Å²) in [7, 11) is 0. The number of nitrogens with zero attached hydrogens (tertiary/aromatic N) is 4. The molecule has 0 radical (unpaired) electrons. The summed E-state index contributed by atoms with van der Waals surface area (Å²) in [4.78, 5) is 12.4. The van der Waals surface area contributed by atoms with Crippen LogP contribution in [0.3, 0.4) is 0 Å². The van der Waals surface area contributed by atoms with Crippen LogP contribution in [0.1, 0.15) is 48.1 Å². The van der Waals surface area contributed by atoms with Gasteiger partial charge in [-0.05, 0) is 56.2 Å². The van der Waals surface area contributed by atoms with Gasteiger partial charge in [0.1, 0.15) is 6.04 Å².